The van der Waals surface area contributed by atoms with Crippen molar-refractivity contribution in [3.63, 3.8) is 0 Å². The summed E-state index contributed by atoms with van der Waals surface area (Å²) in [6, 6.07) is 14.2. The minimum atomic E-state index is -0.388. The van der Waals surface area contributed by atoms with Gasteiger partial charge in [-0.05, 0) is 67.6 Å². The number of fused-ring (bicyclic) bond motifs is 3. The molecule has 5 rings (SSSR count). The predicted molar refractivity (Wildman–Crippen MR) is 138 cm³/mol. The number of nitrogens with zero attached hydrogens (tertiary/aromatic N) is 1. The van der Waals surface area contributed by atoms with Crippen LogP contribution < -0.4 is 14.9 Å². The Morgan fingerprint density at radius 1 is 1.14 bits per heavy atom. The number of benzene rings is 2. The molecule has 2 aromatic carbocycles. The monoisotopic (exact) mass is 505 g/mol. The summed E-state index contributed by atoms with van der Waals surface area (Å²) in [6.45, 7) is 6.00. The first-order valence-corrected chi connectivity index (χ1v) is 12.8. The Morgan fingerprint density at radius 3 is 2.72 bits per heavy atom. The van der Waals surface area contributed by atoms with Crippen LogP contribution in [0.4, 0.5) is 0 Å². The van der Waals surface area contributed by atoms with Crippen LogP contribution in [0.3, 0.4) is 0 Å². The SMILES string of the molecule is CCCOC(=O)c1ccc(Oc2c(C)oc3c4c(ccc3c2=O)OCN(CCc2cccs2)C4)cc1. The largest absolute Gasteiger partial charge is 0.478 e. The number of carbonyl (C=O) groups excluding carboxylic acids is 1. The summed E-state index contributed by atoms with van der Waals surface area (Å²) in [4.78, 5) is 28.9. The summed E-state index contributed by atoms with van der Waals surface area (Å²) >= 11 is 1.75. The Hall–Kier alpha value is -3.62. The molecular weight excluding hydrogens is 478 g/mol. The van der Waals surface area contributed by atoms with Gasteiger partial charge >= 0.3 is 5.97 Å². The van der Waals surface area contributed by atoms with Crippen LogP contribution in [0.1, 0.15) is 39.9 Å². The minimum absolute atomic E-state index is 0.120. The van der Waals surface area contributed by atoms with E-state index in [1.165, 1.54) is 4.88 Å². The van der Waals surface area contributed by atoms with E-state index in [1.54, 1.807) is 48.6 Å². The first kappa shape index (κ1) is 24.1. The molecule has 0 spiro atoms. The maximum atomic E-state index is 13.4. The molecule has 0 atom stereocenters. The molecule has 0 bridgehead atoms. The lowest BCUT2D eigenvalue weighted by molar-refractivity contribution is 0.0505. The van der Waals surface area contributed by atoms with Crippen LogP contribution >= 0.6 is 11.3 Å². The van der Waals surface area contributed by atoms with Crippen LogP contribution in [0, 0.1) is 6.92 Å². The molecular formula is C28H27NO6S. The lowest BCUT2D eigenvalue weighted by atomic mass is 10.1. The van der Waals surface area contributed by atoms with Gasteiger partial charge in [0.2, 0.25) is 11.2 Å². The van der Waals surface area contributed by atoms with E-state index in [-0.39, 0.29) is 17.1 Å². The molecule has 1 aliphatic heterocycles. The van der Waals surface area contributed by atoms with Gasteiger partial charge in [0.25, 0.3) is 0 Å². The normalized spacial score (nSPS) is 13.3. The van der Waals surface area contributed by atoms with Gasteiger partial charge in [-0.25, -0.2) is 4.79 Å². The molecule has 0 aliphatic carbocycles. The van der Waals surface area contributed by atoms with Crippen molar-refractivity contribution in [3.8, 4) is 17.2 Å². The van der Waals surface area contributed by atoms with Crippen molar-refractivity contribution in [3.05, 3.63) is 85.9 Å². The van der Waals surface area contributed by atoms with Crippen molar-refractivity contribution < 1.29 is 23.4 Å². The fourth-order valence-electron chi connectivity index (χ4n) is 4.14. The maximum Gasteiger partial charge on any atom is 0.338 e. The van der Waals surface area contributed by atoms with E-state index in [0.29, 0.717) is 47.9 Å². The number of aryl methyl sites for hydroxylation is 1. The quantitative estimate of drug-likeness (QED) is 0.275. The van der Waals surface area contributed by atoms with Crippen LogP contribution in [0.25, 0.3) is 11.0 Å². The molecule has 8 heteroatoms. The molecule has 4 aromatic rings. The zero-order valence-electron chi connectivity index (χ0n) is 20.2. The maximum absolute atomic E-state index is 13.4. The van der Waals surface area contributed by atoms with Gasteiger partial charge in [-0.3, -0.25) is 9.69 Å². The van der Waals surface area contributed by atoms with Crippen molar-refractivity contribution in [1.82, 2.24) is 4.90 Å². The summed E-state index contributed by atoms with van der Waals surface area (Å²) in [5.41, 5.74) is 1.57. The topological polar surface area (TPSA) is 78.2 Å². The summed E-state index contributed by atoms with van der Waals surface area (Å²) in [7, 11) is 0. The zero-order valence-corrected chi connectivity index (χ0v) is 21.1. The van der Waals surface area contributed by atoms with Crippen molar-refractivity contribution in [1.29, 1.82) is 0 Å². The lowest BCUT2D eigenvalue weighted by Gasteiger charge is -2.29. The van der Waals surface area contributed by atoms with E-state index < -0.39 is 0 Å². The number of rotatable bonds is 8. The Labute approximate surface area is 212 Å². The van der Waals surface area contributed by atoms with E-state index in [0.717, 1.165) is 30.7 Å². The van der Waals surface area contributed by atoms with Crippen molar-refractivity contribution in [2.75, 3.05) is 19.9 Å². The average Bonchev–Trinajstić information content (AvgIpc) is 3.42. The van der Waals surface area contributed by atoms with E-state index in [2.05, 4.69) is 22.4 Å². The summed E-state index contributed by atoms with van der Waals surface area (Å²) in [5.74, 6) is 1.27. The standard InChI is InChI=1S/C28H27NO6S/c1-3-14-32-28(31)19-6-8-20(9-7-19)35-26-18(2)34-27-22(25(26)30)10-11-24-23(27)16-29(17-33-24)13-12-21-5-4-15-36-21/h4-11,15H,3,12-14,16-17H2,1-2H3. The lowest BCUT2D eigenvalue weighted by Crippen LogP contribution is -2.33. The summed E-state index contributed by atoms with van der Waals surface area (Å²) in [6.07, 6.45) is 1.70. The van der Waals surface area contributed by atoms with Crippen molar-refractivity contribution in [2.45, 2.75) is 33.2 Å². The van der Waals surface area contributed by atoms with Gasteiger partial charge in [-0.2, -0.15) is 0 Å². The minimum Gasteiger partial charge on any atom is -0.478 e. The highest BCUT2D eigenvalue weighted by Crippen LogP contribution is 2.34. The second kappa shape index (κ2) is 10.6. The van der Waals surface area contributed by atoms with Gasteiger partial charge < -0.3 is 18.6 Å². The molecule has 0 saturated carbocycles. The van der Waals surface area contributed by atoms with Crippen LogP contribution in [-0.2, 0) is 17.7 Å². The number of thiophene rings is 1. The van der Waals surface area contributed by atoms with Gasteiger partial charge in [-0.1, -0.05) is 13.0 Å². The van der Waals surface area contributed by atoms with Gasteiger partial charge in [0, 0.05) is 18.0 Å². The number of esters is 1. The summed E-state index contributed by atoms with van der Waals surface area (Å²) < 4.78 is 23.2. The molecule has 0 saturated heterocycles. The molecule has 0 amide bonds. The van der Waals surface area contributed by atoms with Gasteiger partial charge in [-0.15, -0.1) is 11.3 Å². The number of ether oxygens (including phenoxy) is 3. The van der Waals surface area contributed by atoms with E-state index >= 15 is 0 Å². The smallest absolute Gasteiger partial charge is 0.338 e. The van der Waals surface area contributed by atoms with Gasteiger partial charge in [0.05, 0.1) is 23.1 Å². The number of hydrogen-bond donors (Lipinski definition) is 0. The van der Waals surface area contributed by atoms with E-state index in [4.69, 9.17) is 18.6 Å². The van der Waals surface area contributed by atoms with Gasteiger partial charge in [0.1, 0.15) is 29.6 Å². The van der Waals surface area contributed by atoms with Crippen LogP contribution in [0.2, 0.25) is 0 Å². The predicted octanol–water partition coefficient (Wildman–Crippen LogP) is 5.92. The first-order valence-electron chi connectivity index (χ1n) is 12.0. The molecule has 186 valence electrons. The third-order valence-electron chi connectivity index (χ3n) is 6.03. The van der Waals surface area contributed by atoms with Crippen molar-refractivity contribution in [2.24, 2.45) is 0 Å². The molecule has 3 heterocycles. The Kier molecular flexibility index (Phi) is 7.06. The van der Waals surface area contributed by atoms with E-state index in [9.17, 15) is 9.59 Å². The van der Waals surface area contributed by atoms with Crippen molar-refractivity contribution >= 4 is 28.3 Å². The highest BCUT2D eigenvalue weighted by atomic mass is 32.1. The molecule has 2 aromatic heterocycles. The van der Waals surface area contributed by atoms with Crippen LogP contribution in [0.5, 0.6) is 17.2 Å². The van der Waals surface area contributed by atoms with Crippen LogP contribution in [-0.4, -0.2) is 30.8 Å². The molecule has 0 radical (unpaired) electrons. The Balaban J connectivity index is 1.38. The fraction of sp³-hybridized carbons (Fsp3) is 0.286. The fourth-order valence-corrected chi connectivity index (χ4v) is 4.84. The summed E-state index contributed by atoms with van der Waals surface area (Å²) in [5, 5.41) is 2.52. The first-order chi connectivity index (χ1) is 17.5. The number of hydrogen-bond acceptors (Lipinski definition) is 8. The highest BCUT2D eigenvalue weighted by Gasteiger charge is 2.24. The van der Waals surface area contributed by atoms with E-state index in [1.807, 2.05) is 13.0 Å². The van der Waals surface area contributed by atoms with Crippen LogP contribution in [0.15, 0.2) is 63.1 Å². The number of carbonyl (C=O) groups is 1. The molecule has 36 heavy (non-hydrogen) atoms. The third-order valence-corrected chi connectivity index (χ3v) is 6.97. The molecule has 0 unspecified atom stereocenters. The zero-order chi connectivity index (χ0) is 25.1. The highest BCUT2D eigenvalue weighted by molar-refractivity contribution is 7.09. The third kappa shape index (κ3) is 5.01. The molecule has 1 aliphatic rings. The Morgan fingerprint density at radius 2 is 1.97 bits per heavy atom. The second-order valence-corrected chi connectivity index (χ2v) is 9.69. The Bertz CT molecular complexity index is 1430. The molecule has 0 fully saturated rings. The molecule has 0 N–H and O–H groups in total. The second-order valence-electron chi connectivity index (χ2n) is 8.65. The van der Waals surface area contributed by atoms with Gasteiger partial charge in [0.15, 0.2) is 0 Å². The average molecular weight is 506 g/mol. The molecule has 7 nitrogen and oxygen atoms in total.